The van der Waals surface area contributed by atoms with Crippen LogP contribution in [0.5, 0.6) is 0 Å². The first-order valence-electron chi connectivity index (χ1n) is 7.06. The number of carbonyl (C=O) groups excluding carboxylic acids is 1. The van der Waals surface area contributed by atoms with Gasteiger partial charge in [-0.25, -0.2) is 4.98 Å². The second-order valence-corrected chi connectivity index (χ2v) is 5.47. The zero-order valence-corrected chi connectivity index (χ0v) is 13.1. The molecule has 1 amide bonds. The minimum Gasteiger partial charge on any atom is -0.334 e. The molecule has 0 fully saturated rings. The van der Waals surface area contributed by atoms with E-state index in [1.165, 1.54) is 5.56 Å². The first-order valence-corrected chi connectivity index (χ1v) is 7.44. The van der Waals surface area contributed by atoms with Crippen LogP contribution < -0.4 is 0 Å². The molecular weight excluding hydrogens is 284 g/mol. The number of carbonyl (C=O) groups is 1. The molecule has 0 aliphatic carbocycles. The fourth-order valence-electron chi connectivity index (χ4n) is 2.15. The van der Waals surface area contributed by atoms with E-state index in [-0.39, 0.29) is 5.91 Å². The Morgan fingerprint density at radius 1 is 1.24 bits per heavy atom. The predicted octanol–water partition coefficient (Wildman–Crippen LogP) is 4.10. The van der Waals surface area contributed by atoms with Crippen molar-refractivity contribution in [2.75, 3.05) is 6.54 Å². The van der Waals surface area contributed by atoms with Gasteiger partial charge in [0.2, 0.25) is 0 Å². The molecule has 21 heavy (non-hydrogen) atoms. The number of aromatic nitrogens is 1. The second-order valence-electron chi connectivity index (χ2n) is 5.08. The zero-order valence-electron chi connectivity index (χ0n) is 12.3. The van der Waals surface area contributed by atoms with Crippen molar-refractivity contribution in [3.05, 3.63) is 64.4 Å². The van der Waals surface area contributed by atoms with Crippen LogP contribution in [0.1, 0.15) is 34.8 Å². The summed E-state index contributed by atoms with van der Waals surface area (Å²) in [6, 6.07) is 11.6. The van der Waals surface area contributed by atoms with Gasteiger partial charge in [-0.2, -0.15) is 0 Å². The fraction of sp³-hybridized carbons (Fsp3) is 0.294. The van der Waals surface area contributed by atoms with Crippen molar-refractivity contribution in [2.45, 2.75) is 26.8 Å². The van der Waals surface area contributed by atoms with Crippen LogP contribution in [0.3, 0.4) is 0 Å². The standard InChI is InChI=1S/C17H19ClN2O/c1-3-10-20(12-14-6-4-13(2)5-7-14)17(21)15-8-9-19-16(18)11-15/h4-9,11H,3,10,12H2,1-2H3. The highest BCUT2D eigenvalue weighted by Crippen LogP contribution is 2.14. The van der Waals surface area contributed by atoms with Gasteiger partial charge in [0, 0.05) is 24.8 Å². The van der Waals surface area contributed by atoms with E-state index in [1.54, 1.807) is 18.3 Å². The molecule has 0 spiro atoms. The van der Waals surface area contributed by atoms with Gasteiger partial charge in [-0.3, -0.25) is 4.79 Å². The van der Waals surface area contributed by atoms with E-state index in [0.29, 0.717) is 23.8 Å². The molecule has 0 atom stereocenters. The molecule has 1 aromatic heterocycles. The third kappa shape index (κ3) is 4.30. The molecule has 3 nitrogen and oxygen atoms in total. The Kier molecular flexibility index (Phi) is 5.34. The molecule has 110 valence electrons. The minimum atomic E-state index is -0.0123. The summed E-state index contributed by atoms with van der Waals surface area (Å²) in [5.74, 6) is -0.0123. The van der Waals surface area contributed by atoms with Gasteiger partial charge >= 0.3 is 0 Å². The Hall–Kier alpha value is -1.87. The van der Waals surface area contributed by atoms with Gasteiger partial charge in [0.1, 0.15) is 5.15 Å². The van der Waals surface area contributed by atoms with Crippen LogP contribution in [0.4, 0.5) is 0 Å². The molecule has 2 rings (SSSR count). The lowest BCUT2D eigenvalue weighted by molar-refractivity contribution is 0.0743. The monoisotopic (exact) mass is 302 g/mol. The summed E-state index contributed by atoms with van der Waals surface area (Å²) in [6.07, 6.45) is 2.47. The van der Waals surface area contributed by atoms with Gasteiger partial charge in [0.05, 0.1) is 0 Å². The van der Waals surface area contributed by atoms with Crippen LogP contribution in [-0.4, -0.2) is 22.3 Å². The number of benzene rings is 1. The van der Waals surface area contributed by atoms with E-state index in [1.807, 2.05) is 4.90 Å². The number of rotatable bonds is 5. The lowest BCUT2D eigenvalue weighted by Gasteiger charge is -2.22. The maximum atomic E-state index is 12.6. The molecule has 0 saturated carbocycles. The highest BCUT2D eigenvalue weighted by atomic mass is 35.5. The van der Waals surface area contributed by atoms with Crippen LogP contribution in [0.2, 0.25) is 5.15 Å². The van der Waals surface area contributed by atoms with Gasteiger partial charge < -0.3 is 4.90 Å². The molecule has 0 N–H and O–H groups in total. The van der Waals surface area contributed by atoms with Gasteiger partial charge in [-0.1, -0.05) is 48.4 Å². The Balaban J connectivity index is 2.18. The number of pyridine rings is 1. The van der Waals surface area contributed by atoms with Crippen molar-refractivity contribution in [3.63, 3.8) is 0 Å². The Bertz CT molecular complexity index is 610. The summed E-state index contributed by atoms with van der Waals surface area (Å²) in [5, 5.41) is 0.340. The summed E-state index contributed by atoms with van der Waals surface area (Å²) in [7, 11) is 0. The molecule has 4 heteroatoms. The lowest BCUT2D eigenvalue weighted by atomic mass is 10.1. The fourth-order valence-corrected chi connectivity index (χ4v) is 2.33. The van der Waals surface area contributed by atoms with Crippen LogP contribution >= 0.6 is 11.6 Å². The molecule has 1 heterocycles. The molecule has 1 aromatic carbocycles. The Labute approximate surface area is 130 Å². The van der Waals surface area contributed by atoms with Crippen molar-refractivity contribution >= 4 is 17.5 Å². The van der Waals surface area contributed by atoms with E-state index in [0.717, 1.165) is 12.0 Å². The number of amides is 1. The third-order valence-electron chi connectivity index (χ3n) is 3.25. The molecule has 0 unspecified atom stereocenters. The number of hydrogen-bond donors (Lipinski definition) is 0. The maximum Gasteiger partial charge on any atom is 0.254 e. The molecule has 0 aliphatic heterocycles. The van der Waals surface area contributed by atoms with Gasteiger partial charge in [0.25, 0.3) is 5.91 Å². The van der Waals surface area contributed by atoms with Gasteiger partial charge in [0.15, 0.2) is 0 Å². The summed E-state index contributed by atoms with van der Waals surface area (Å²) in [5.41, 5.74) is 2.92. The zero-order chi connectivity index (χ0) is 15.2. The van der Waals surface area contributed by atoms with Gasteiger partial charge in [-0.15, -0.1) is 0 Å². The minimum absolute atomic E-state index is 0.0123. The summed E-state index contributed by atoms with van der Waals surface area (Å²) < 4.78 is 0. The quantitative estimate of drug-likeness (QED) is 0.779. The molecule has 2 aromatic rings. The maximum absolute atomic E-state index is 12.6. The third-order valence-corrected chi connectivity index (χ3v) is 3.45. The second kappa shape index (κ2) is 7.23. The molecule has 0 saturated heterocycles. The van der Waals surface area contributed by atoms with Crippen molar-refractivity contribution in [1.29, 1.82) is 0 Å². The predicted molar refractivity (Wildman–Crippen MR) is 85.5 cm³/mol. The first kappa shape index (κ1) is 15.5. The summed E-state index contributed by atoms with van der Waals surface area (Å²) in [4.78, 5) is 18.4. The van der Waals surface area contributed by atoms with Crippen LogP contribution in [-0.2, 0) is 6.54 Å². The van der Waals surface area contributed by atoms with E-state index < -0.39 is 0 Å². The normalized spacial score (nSPS) is 10.4. The molecule has 0 bridgehead atoms. The van der Waals surface area contributed by atoms with Crippen LogP contribution in [0, 0.1) is 6.92 Å². The van der Waals surface area contributed by atoms with Crippen molar-refractivity contribution in [1.82, 2.24) is 9.88 Å². The highest BCUT2D eigenvalue weighted by molar-refractivity contribution is 6.29. The summed E-state index contributed by atoms with van der Waals surface area (Å²) in [6.45, 7) is 5.44. The van der Waals surface area contributed by atoms with E-state index in [9.17, 15) is 4.79 Å². The average molecular weight is 303 g/mol. The average Bonchev–Trinajstić information content (AvgIpc) is 2.48. The number of nitrogens with zero attached hydrogens (tertiary/aromatic N) is 2. The molecular formula is C17H19ClN2O. The Morgan fingerprint density at radius 3 is 2.57 bits per heavy atom. The summed E-state index contributed by atoms with van der Waals surface area (Å²) >= 11 is 5.87. The number of halogens is 1. The van der Waals surface area contributed by atoms with Crippen LogP contribution in [0.25, 0.3) is 0 Å². The highest BCUT2D eigenvalue weighted by Gasteiger charge is 2.15. The molecule has 0 aliphatic rings. The topological polar surface area (TPSA) is 33.2 Å². The van der Waals surface area contributed by atoms with E-state index in [2.05, 4.69) is 43.1 Å². The van der Waals surface area contributed by atoms with E-state index in [4.69, 9.17) is 11.6 Å². The van der Waals surface area contributed by atoms with Gasteiger partial charge in [-0.05, 0) is 31.0 Å². The number of aryl methyl sites for hydroxylation is 1. The number of hydrogen-bond acceptors (Lipinski definition) is 2. The Morgan fingerprint density at radius 2 is 1.95 bits per heavy atom. The first-order chi connectivity index (χ1) is 10.1. The largest absolute Gasteiger partial charge is 0.334 e. The van der Waals surface area contributed by atoms with Crippen molar-refractivity contribution < 1.29 is 4.79 Å². The van der Waals surface area contributed by atoms with Crippen molar-refractivity contribution in [2.24, 2.45) is 0 Å². The van der Waals surface area contributed by atoms with Crippen LogP contribution in [0.15, 0.2) is 42.6 Å². The SMILES string of the molecule is CCCN(Cc1ccc(C)cc1)C(=O)c1ccnc(Cl)c1. The van der Waals surface area contributed by atoms with Crippen molar-refractivity contribution in [3.8, 4) is 0 Å². The van der Waals surface area contributed by atoms with E-state index >= 15 is 0 Å². The molecule has 0 radical (unpaired) electrons. The smallest absolute Gasteiger partial charge is 0.254 e. The lowest BCUT2D eigenvalue weighted by Crippen LogP contribution is -2.31.